The van der Waals surface area contributed by atoms with Gasteiger partial charge in [0.05, 0.1) is 22.2 Å². The number of halogens is 2. The highest BCUT2D eigenvalue weighted by Gasteiger charge is 2.28. The van der Waals surface area contributed by atoms with Gasteiger partial charge >= 0.3 is 0 Å². The summed E-state index contributed by atoms with van der Waals surface area (Å²) in [5.74, 6) is 0.561. The lowest BCUT2D eigenvalue weighted by Crippen LogP contribution is -2.42. The molecule has 1 amide bonds. The first-order valence-electron chi connectivity index (χ1n) is 10.7. The smallest absolute Gasteiger partial charge is 0.264 e. The monoisotopic (exact) mass is 520 g/mol. The Hall–Kier alpha value is -2.74. The van der Waals surface area contributed by atoms with Gasteiger partial charge in [0, 0.05) is 5.02 Å². The Kier molecular flexibility index (Phi) is 8.83. The molecule has 180 valence electrons. The van der Waals surface area contributed by atoms with E-state index in [9.17, 15) is 13.2 Å². The minimum atomic E-state index is -4.06. The second-order valence-electron chi connectivity index (χ2n) is 7.81. The zero-order chi connectivity index (χ0) is 24.7. The number of rotatable bonds is 10. The summed E-state index contributed by atoms with van der Waals surface area (Å²) in [6, 6.07) is 20.0. The fraction of sp³-hybridized carbons (Fsp3) is 0.240. The lowest BCUT2D eigenvalue weighted by Gasteiger charge is -2.25. The molecule has 3 aromatic rings. The molecule has 0 saturated heterocycles. The van der Waals surface area contributed by atoms with Crippen molar-refractivity contribution >= 4 is 44.8 Å². The Morgan fingerprint density at radius 1 is 1.00 bits per heavy atom. The van der Waals surface area contributed by atoms with E-state index in [-0.39, 0.29) is 28.8 Å². The Morgan fingerprint density at radius 2 is 1.68 bits per heavy atom. The Bertz CT molecular complexity index is 1230. The molecule has 0 atom stereocenters. The van der Waals surface area contributed by atoms with Crippen LogP contribution in [0.3, 0.4) is 0 Å². The highest BCUT2D eigenvalue weighted by molar-refractivity contribution is 7.92. The fourth-order valence-corrected chi connectivity index (χ4v) is 5.35. The van der Waals surface area contributed by atoms with Crippen molar-refractivity contribution in [2.45, 2.75) is 24.7 Å². The van der Waals surface area contributed by atoms with E-state index in [0.29, 0.717) is 10.9 Å². The lowest BCUT2D eigenvalue weighted by atomic mass is 10.0. The van der Waals surface area contributed by atoms with Crippen LogP contribution in [0.5, 0.6) is 5.75 Å². The molecule has 0 aromatic heterocycles. The van der Waals surface area contributed by atoms with Crippen molar-refractivity contribution in [1.82, 2.24) is 5.32 Å². The summed E-state index contributed by atoms with van der Waals surface area (Å²) < 4.78 is 33.5. The van der Waals surface area contributed by atoms with Gasteiger partial charge in [-0.05, 0) is 47.9 Å². The molecule has 9 heteroatoms. The van der Waals surface area contributed by atoms with Crippen molar-refractivity contribution < 1.29 is 17.9 Å². The third-order valence-electron chi connectivity index (χ3n) is 5.02. The number of amides is 1. The molecule has 3 aromatic carbocycles. The van der Waals surface area contributed by atoms with Gasteiger partial charge in [0.2, 0.25) is 5.91 Å². The number of carbonyl (C=O) groups is 1. The predicted molar refractivity (Wildman–Crippen MR) is 136 cm³/mol. The SMILES string of the molecule is CC(C)c1ccccc1OCCNC(=O)CN(c1ccc(Cl)cc1Cl)S(=O)(=O)c1ccccc1. The maximum absolute atomic E-state index is 13.4. The van der Waals surface area contributed by atoms with Gasteiger partial charge in [-0.25, -0.2) is 8.42 Å². The van der Waals surface area contributed by atoms with Gasteiger partial charge in [0.1, 0.15) is 18.9 Å². The van der Waals surface area contributed by atoms with Crippen LogP contribution < -0.4 is 14.4 Å². The van der Waals surface area contributed by atoms with E-state index in [0.717, 1.165) is 15.6 Å². The van der Waals surface area contributed by atoms with Crippen LogP contribution in [0.1, 0.15) is 25.3 Å². The van der Waals surface area contributed by atoms with E-state index in [2.05, 4.69) is 19.2 Å². The van der Waals surface area contributed by atoms with Crippen LogP contribution >= 0.6 is 23.2 Å². The van der Waals surface area contributed by atoms with Crippen molar-refractivity contribution in [3.63, 3.8) is 0 Å². The number of ether oxygens (including phenoxy) is 1. The van der Waals surface area contributed by atoms with Crippen LogP contribution in [0, 0.1) is 0 Å². The van der Waals surface area contributed by atoms with E-state index in [4.69, 9.17) is 27.9 Å². The van der Waals surface area contributed by atoms with Crippen molar-refractivity contribution in [2.75, 3.05) is 24.0 Å². The topological polar surface area (TPSA) is 75.7 Å². The zero-order valence-electron chi connectivity index (χ0n) is 18.9. The minimum Gasteiger partial charge on any atom is -0.491 e. The molecule has 3 rings (SSSR count). The molecule has 0 fully saturated rings. The Labute approximate surface area is 210 Å². The van der Waals surface area contributed by atoms with Gasteiger partial charge in [0.25, 0.3) is 10.0 Å². The number of para-hydroxylation sites is 1. The lowest BCUT2D eigenvalue weighted by molar-refractivity contribution is -0.119. The van der Waals surface area contributed by atoms with Gasteiger partial charge in [0.15, 0.2) is 0 Å². The molecule has 0 unspecified atom stereocenters. The molecule has 1 N–H and O–H groups in total. The van der Waals surface area contributed by atoms with Gasteiger partial charge in [-0.3, -0.25) is 9.10 Å². The third-order valence-corrected chi connectivity index (χ3v) is 7.33. The van der Waals surface area contributed by atoms with E-state index < -0.39 is 22.5 Å². The number of nitrogens with zero attached hydrogens (tertiary/aromatic N) is 1. The highest BCUT2D eigenvalue weighted by atomic mass is 35.5. The average molecular weight is 521 g/mol. The number of hydrogen-bond donors (Lipinski definition) is 1. The fourth-order valence-electron chi connectivity index (χ4n) is 3.33. The van der Waals surface area contributed by atoms with Crippen molar-refractivity contribution in [3.8, 4) is 5.75 Å². The van der Waals surface area contributed by atoms with Gasteiger partial charge in [-0.15, -0.1) is 0 Å². The number of carbonyl (C=O) groups excluding carboxylic acids is 1. The number of anilines is 1. The van der Waals surface area contributed by atoms with E-state index >= 15 is 0 Å². The first-order valence-corrected chi connectivity index (χ1v) is 12.9. The molecule has 0 bridgehead atoms. The second kappa shape index (κ2) is 11.6. The third kappa shape index (κ3) is 6.44. The standard InChI is InChI=1S/C25H26Cl2N2O4S/c1-18(2)21-10-6-7-11-24(21)33-15-14-28-25(30)17-29(23-13-12-19(26)16-22(23)27)34(31,32)20-8-4-3-5-9-20/h3-13,16,18H,14-15,17H2,1-2H3,(H,28,30). The summed E-state index contributed by atoms with van der Waals surface area (Å²) in [6.07, 6.45) is 0. The van der Waals surface area contributed by atoms with Crippen molar-refractivity contribution in [2.24, 2.45) is 0 Å². The Balaban J connectivity index is 1.72. The molecule has 34 heavy (non-hydrogen) atoms. The molecule has 0 spiro atoms. The maximum Gasteiger partial charge on any atom is 0.264 e. The van der Waals surface area contributed by atoms with E-state index in [1.807, 2.05) is 24.3 Å². The molecule has 0 radical (unpaired) electrons. The summed E-state index contributed by atoms with van der Waals surface area (Å²) in [7, 11) is -4.06. The van der Waals surface area contributed by atoms with Crippen molar-refractivity contribution in [3.05, 3.63) is 88.4 Å². The number of benzene rings is 3. The molecule has 0 heterocycles. The van der Waals surface area contributed by atoms with Crippen LogP contribution in [0.2, 0.25) is 10.0 Å². The molecular formula is C25H26Cl2N2O4S. The summed E-state index contributed by atoms with van der Waals surface area (Å²) in [5, 5.41) is 3.19. The quantitative estimate of drug-likeness (QED) is 0.357. The largest absolute Gasteiger partial charge is 0.491 e. The molecule has 0 saturated carbocycles. The minimum absolute atomic E-state index is 0.0439. The summed E-state index contributed by atoms with van der Waals surface area (Å²) in [4.78, 5) is 12.8. The molecular weight excluding hydrogens is 495 g/mol. The van der Waals surface area contributed by atoms with Crippen LogP contribution in [0.25, 0.3) is 0 Å². The first kappa shape index (κ1) is 25.9. The Morgan fingerprint density at radius 3 is 2.35 bits per heavy atom. The van der Waals surface area contributed by atoms with Gasteiger partial charge in [-0.1, -0.05) is 73.4 Å². The van der Waals surface area contributed by atoms with Gasteiger partial charge in [-0.2, -0.15) is 0 Å². The summed E-state index contributed by atoms with van der Waals surface area (Å²) in [6.45, 7) is 4.14. The van der Waals surface area contributed by atoms with Crippen LogP contribution in [-0.2, 0) is 14.8 Å². The molecule has 6 nitrogen and oxygen atoms in total. The molecule has 0 aliphatic carbocycles. The number of hydrogen-bond acceptors (Lipinski definition) is 4. The van der Waals surface area contributed by atoms with Crippen molar-refractivity contribution in [1.29, 1.82) is 0 Å². The van der Waals surface area contributed by atoms with E-state index in [1.165, 1.54) is 30.3 Å². The zero-order valence-corrected chi connectivity index (χ0v) is 21.2. The van der Waals surface area contributed by atoms with Crippen LogP contribution in [-0.4, -0.2) is 34.0 Å². The maximum atomic E-state index is 13.4. The average Bonchev–Trinajstić information content (AvgIpc) is 2.81. The number of sulfonamides is 1. The second-order valence-corrected chi connectivity index (χ2v) is 10.5. The highest BCUT2D eigenvalue weighted by Crippen LogP contribution is 2.32. The summed E-state index contributed by atoms with van der Waals surface area (Å²) >= 11 is 12.3. The van der Waals surface area contributed by atoms with E-state index in [1.54, 1.807) is 18.2 Å². The molecule has 0 aliphatic heterocycles. The van der Waals surface area contributed by atoms with Gasteiger partial charge < -0.3 is 10.1 Å². The normalized spacial score (nSPS) is 11.3. The van der Waals surface area contributed by atoms with Crippen LogP contribution in [0.15, 0.2) is 77.7 Å². The van der Waals surface area contributed by atoms with Crippen LogP contribution in [0.4, 0.5) is 5.69 Å². The predicted octanol–water partition coefficient (Wildman–Crippen LogP) is 5.51. The number of nitrogens with one attached hydrogen (secondary N) is 1. The molecule has 0 aliphatic rings. The summed E-state index contributed by atoms with van der Waals surface area (Å²) in [5.41, 5.74) is 1.23. The first-order chi connectivity index (χ1) is 16.2.